The zero-order chi connectivity index (χ0) is 22.6. The molecule has 2 aromatic carbocycles. The summed E-state index contributed by atoms with van der Waals surface area (Å²) < 4.78 is 12.9. The van der Waals surface area contributed by atoms with Crippen molar-refractivity contribution in [2.24, 2.45) is 12.0 Å². The van der Waals surface area contributed by atoms with E-state index in [2.05, 4.69) is 33.0 Å². The molecule has 1 aromatic heterocycles. The minimum Gasteiger partial charge on any atom is -0.497 e. The van der Waals surface area contributed by atoms with E-state index in [1.54, 1.807) is 7.11 Å². The topological polar surface area (TPSA) is 85.6 Å². The fourth-order valence-corrected chi connectivity index (χ4v) is 3.02. The molecular formula is C24H33IN6O2. The molecular weight excluding hydrogens is 531 g/mol. The number of nitrogens with one attached hydrogen (secondary N) is 2. The zero-order valence-electron chi connectivity index (χ0n) is 19.5. The van der Waals surface area contributed by atoms with E-state index in [1.807, 2.05) is 61.0 Å². The average Bonchev–Trinajstić information content (AvgIpc) is 3.15. The Kier molecular flexibility index (Phi) is 11.5. The lowest BCUT2D eigenvalue weighted by Gasteiger charge is -2.13. The van der Waals surface area contributed by atoms with Gasteiger partial charge in [-0.2, -0.15) is 0 Å². The SMILES string of the molecule is COc1ccc(CCNC(=NCc2nnc(C)n2C)NCCCOc2ccccc2)cc1.I. The maximum Gasteiger partial charge on any atom is 0.191 e. The fraction of sp³-hybridized carbons (Fsp3) is 0.375. The summed E-state index contributed by atoms with van der Waals surface area (Å²) in [4.78, 5) is 4.69. The van der Waals surface area contributed by atoms with Crippen LogP contribution < -0.4 is 20.1 Å². The first-order chi connectivity index (χ1) is 15.7. The molecule has 0 spiro atoms. The van der Waals surface area contributed by atoms with Gasteiger partial charge < -0.3 is 24.7 Å². The van der Waals surface area contributed by atoms with Crippen molar-refractivity contribution in [3.05, 3.63) is 71.8 Å². The van der Waals surface area contributed by atoms with Crippen LogP contribution in [0.2, 0.25) is 0 Å². The van der Waals surface area contributed by atoms with E-state index in [1.165, 1.54) is 5.56 Å². The first-order valence-electron chi connectivity index (χ1n) is 10.8. The van der Waals surface area contributed by atoms with Crippen molar-refractivity contribution in [1.82, 2.24) is 25.4 Å². The number of rotatable bonds is 11. The Morgan fingerprint density at radius 2 is 1.70 bits per heavy atom. The Morgan fingerprint density at radius 3 is 2.36 bits per heavy atom. The minimum absolute atomic E-state index is 0. The van der Waals surface area contributed by atoms with Gasteiger partial charge in [0.25, 0.3) is 0 Å². The van der Waals surface area contributed by atoms with Gasteiger partial charge in [0, 0.05) is 20.1 Å². The van der Waals surface area contributed by atoms with E-state index in [4.69, 9.17) is 14.5 Å². The third-order valence-electron chi connectivity index (χ3n) is 5.05. The van der Waals surface area contributed by atoms with Gasteiger partial charge in [0.15, 0.2) is 11.8 Å². The second-order valence-electron chi connectivity index (χ2n) is 7.35. The highest BCUT2D eigenvalue weighted by Gasteiger charge is 2.05. The summed E-state index contributed by atoms with van der Waals surface area (Å²) in [6, 6.07) is 18.0. The molecule has 178 valence electrons. The van der Waals surface area contributed by atoms with Crippen molar-refractivity contribution in [2.45, 2.75) is 26.3 Å². The third kappa shape index (κ3) is 8.91. The minimum atomic E-state index is 0. The highest BCUT2D eigenvalue weighted by Crippen LogP contribution is 2.11. The lowest BCUT2D eigenvalue weighted by atomic mass is 10.1. The molecule has 0 atom stereocenters. The summed E-state index contributed by atoms with van der Waals surface area (Å²) in [6.07, 6.45) is 1.74. The molecule has 8 nitrogen and oxygen atoms in total. The van der Waals surface area contributed by atoms with Gasteiger partial charge in [-0.1, -0.05) is 30.3 Å². The van der Waals surface area contributed by atoms with E-state index in [9.17, 15) is 0 Å². The van der Waals surface area contributed by atoms with Gasteiger partial charge in [-0.25, -0.2) is 4.99 Å². The van der Waals surface area contributed by atoms with Gasteiger partial charge in [-0.05, 0) is 49.6 Å². The van der Waals surface area contributed by atoms with Gasteiger partial charge in [0.2, 0.25) is 0 Å². The zero-order valence-corrected chi connectivity index (χ0v) is 21.8. The quantitative estimate of drug-likeness (QED) is 0.161. The molecule has 0 aliphatic rings. The Bertz CT molecular complexity index is 976. The number of hydrogen-bond donors (Lipinski definition) is 2. The number of nitrogens with zero attached hydrogens (tertiary/aromatic N) is 4. The van der Waals surface area contributed by atoms with Crippen LogP contribution in [-0.2, 0) is 20.0 Å². The number of para-hydroxylation sites is 1. The van der Waals surface area contributed by atoms with Gasteiger partial charge in [0.1, 0.15) is 23.9 Å². The molecule has 9 heteroatoms. The first kappa shape index (κ1) is 26.4. The highest BCUT2D eigenvalue weighted by molar-refractivity contribution is 14.0. The lowest BCUT2D eigenvalue weighted by Crippen LogP contribution is -2.39. The average molecular weight is 564 g/mol. The van der Waals surface area contributed by atoms with Gasteiger partial charge in [0.05, 0.1) is 13.7 Å². The number of methoxy groups -OCH3 is 1. The van der Waals surface area contributed by atoms with Crippen LogP contribution >= 0.6 is 24.0 Å². The summed E-state index contributed by atoms with van der Waals surface area (Å²) >= 11 is 0. The maximum atomic E-state index is 5.76. The smallest absolute Gasteiger partial charge is 0.191 e. The van der Waals surface area contributed by atoms with Crippen LogP contribution in [-0.4, -0.2) is 47.5 Å². The van der Waals surface area contributed by atoms with Crippen LogP contribution in [0, 0.1) is 6.92 Å². The summed E-state index contributed by atoms with van der Waals surface area (Å²) in [6.45, 7) is 4.53. The molecule has 0 aliphatic heterocycles. The molecule has 2 N–H and O–H groups in total. The Morgan fingerprint density at radius 1 is 0.970 bits per heavy atom. The molecule has 3 aromatic rings. The number of halogens is 1. The number of aliphatic imine (C=N–C) groups is 1. The lowest BCUT2D eigenvalue weighted by molar-refractivity contribution is 0.311. The van der Waals surface area contributed by atoms with Gasteiger partial charge >= 0.3 is 0 Å². The van der Waals surface area contributed by atoms with Crippen LogP contribution in [0.3, 0.4) is 0 Å². The normalized spacial score (nSPS) is 10.9. The molecule has 0 radical (unpaired) electrons. The van der Waals surface area contributed by atoms with Crippen LogP contribution in [0.5, 0.6) is 11.5 Å². The van der Waals surface area contributed by atoms with Crippen molar-refractivity contribution >= 4 is 29.9 Å². The molecule has 0 saturated carbocycles. The first-order valence-corrected chi connectivity index (χ1v) is 10.8. The largest absolute Gasteiger partial charge is 0.497 e. The number of guanidine groups is 1. The van der Waals surface area contributed by atoms with Crippen molar-refractivity contribution in [3.8, 4) is 11.5 Å². The predicted molar refractivity (Wildman–Crippen MR) is 142 cm³/mol. The summed E-state index contributed by atoms with van der Waals surface area (Å²) in [5.74, 6) is 4.19. The van der Waals surface area contributed by atoms with Crippen LogP contribution in [0.4, 0.5) is 0 Å². The van der Waals surface area contributed by atoms with E-state index in [0.717, 1.165) is 55.0 Å². The molecule has 3 rings (SSSR count). The summed E-state index contributed by atoms with van der Waals surface area (Å²) in [5.41, 5.74) is 1.23. The highest BCUT2D eigenvalue weighted by atomic mass is 127. The predicted octanol–water partition coefficient (Wildman–Crippen LogP) is 3.50. The van der Waals surface area contributed by atoms with Crippen molar-refractivity contribution < 1.29 is 9.47 Å². The Hall–Kier alpha value is -2.82. The molecule has 1 heterocycles. The third-order valence-corrected chi connectivity index (χ3v) is 5.05. The standard InChI is InChI=1S/C24H32N6O2.HI/c1-19-28-29-23(30(19)2)18-27-24(25-15-7-17-32-22-8-5-4-6-9-22)26-16-14-20-10-12-21(31-3)13-11-20;/h4-6,8-13H,7,14-18H2,1-3H3,(H2,25,26,27);1H. The van der Waals surface area contributed by atoms with Crippen molar-refractivity contribution in [3.63, 3.8) is 0 Å². The molecule has 0 fully saturated rings. The number of benzene rings is 2. The van der Waals surface area contributed by atoms with Gasteiger partial charge in [-0.3, -0.25) is 0 Å². The summed E-state index contributed by atoms with van der Waals surface area (Å²) in [7, 11) is 3.62. The molecule has 0 amide bonds. The Balaban J connectivity index is 0.00000385. The van der Waals surface area contributed by atoms with E-state index < -0.39 is 0 Å². The molecule has 0 aliphatic carbocycles. The second kappa shape index (κ2) is 14.4. The number of ether oxygens (including phenoxy) is 2. The van der Waals surface area contributed by atoms with Crippen LogP contribution in [0.25, 0.3) is 0 Å². The fourth-order valence-electron chi connectivity index (χ4n) is 3.02. The van der Waals surface area contributed by atoms with E-state index in [0.29, 0.717) is 13.2 Å². The second-order valence-corrected chi connectivity index (χ2v) is 7.35. The number of aromatic nitrogens is 3. The van der Waals surface area contributed by atoms with Crippen molar-refractivity contribution in [2.75, 3.05) is 26.8 Å². The summed E-state index contributed by atoms with van der Waals surface area (Å²) in [5, 5.41) is 15.1. The van der Waals surface area contributed by atoms with Gasteiger partial charge in [-0.15, -0.1) is 34.2 Å². The van der Waals surface area contributed by atoms with Crippen molar-refractivity contribution in [1.29, 1.82) is 0 Å². The molecule has 0 bridgehead atoms. The maximum absolute atomic E-state index is 5.76. The molecule has 0 saturated heterocycles. The van der Waals surface area contributed by atoms with Crippen LogP contribution in [0.15, 0.2) is 59.6 Å². The van der Waals surface area contributed by atoms with Crippen LogP contribution in [0.1, 0.15) is 23.6 Å². The molecule has 0 unspecified atom stereocenters. The number of aryl methyl sites for hydroxylation is 1. The molecule has 33 heavy (non-hydrogen) atoms. The van der Waals surface area contributed by atoms with E-state index >= 15 is 0 Å². The van der Waals surface area contributed by atoms with E-state index in [-0.39, 0.29) is 24.0 Å². The Labute approximate surface area is 212 Å². The monoisotopic (exact) mass is 564 g/mol. The number of hydrogen-bond acceptors (Lipinski definition) is 5.